The topological polar surface area (TPSA) is 55.1 Å². The molecular weight excluding hydrogens is 293 g/mol. The van der Waals surface area contributed by atoms with Crippen LogP contribution in [0.5, 0.6) is 11.6 Å². The van der Waals surface area contributed by atoms with Crippen LogP contribution in [0.25, 0.3) is 0 Å². The van der Waals surface area contributed by atoms with Crippen LogP contribution in [0, 0.1) is 11.3 Å². The van der Waals surface area contributed by atoms with Gasteiger partial charge in [-0.3, -0.25) is 0 Å². The lowest BCUT2D eigenvalue weighted by Gasteiger charge is -2.11. The normalized spacial score (nSPS) is 10.8. The average Bonchev–Trinajstić information content (AvgIpc) is 2.18. The minimum Gasteiger partial charge on any atom is -0.480 e. The highest BCUT2D eigenvalue weighted by Crippen LogP contribution is 2.32. The molecule has 4 nitrogen and oxygen atoms in total. The maximum absolute atomic E-state index is 12.0. The first kappa shape index (κ1) is 12.6. The molecule has 0 aliphatic carbocycles. The van der Waals surface area contributed by atoms with Crippen LogP contribution in [0.15, 0.2) is 10.7 Å². The van der Waals surface area contributed by atoms with Crippen molar-refractivity contribution in [3.05, 3.63) is 16.2 Å². The Kier molecular flexibility index (Phi) is 3.59. The van der Waals surface area contributed by atoms with Gasteiger partial charge in [-0.25, -0.2) is 4.98 Å². The first-order chi connectivity index (χ1) is 7.37. The van der Waals surface area contributed by atoms with Crippen molar-refractivity contribution in [2.24, 2.45) is 0 Å². The molecule has 86 valence electrons. The standard InChI is InChI=1S/C8H4BrF3N2O2/c1-15-7-4(3-13)2-5(6(9)14-7)16-8(10,11)12/h2H,1H3. The van der Waals surface area contributed by atoms with Gasteiger partial charge in [0, 0.05) is 6.07 Å². The zero-order valence-corrected chi connectivity index (χ0v) is 9.39. The molecular formula is C8H4BrF3N2O2. The third-order valence-electron chi connectivity index (χ3n) is 1.45. The maximum atomic E-state index is 12.0. The molecule has 0 amide bonds. The van der Waals surface area contributed by atoms with Gasteiger partial charge >= 0.3 is 6.36 Å². The van der Waals surface area contributed by atoms with Crippen LogP contribution < -0.4 is 9.47 Å². The fourth-order valence-corrected chi connectivity index (χ4v) is 1.25. The van der Waals surface area contributed by atoms with Crippen molar-refractivity contribution in [2.45, 2.75) is 6.36 Å². The van der Waals surface area contributed by atoms with Gasteiger partial charge < -0.3 is 9.47 Å². The maximum Gasteiger partial charge on any atom is 0.573 e. The van der Waals surface area contributed by atoms with E-state index in [2.05, 4.69) is 25.7 Å². The molecule has 1 aromatic heterocycles. The fraction of sp³-hybridized carbons (Fsp3) is 0.250. The summed E-state index contributed by atoms with van der Waals surface area (Å²) in [5.74, 6) is -0.672. The summed E-state index contributed by atoms with van der Waals surface area (Å²) in [6.45, 7) is 0. The molecule has 1 heterocycles. The molecule has 0 saturated carbocycles. The van der Waals surface area contributed by atoms with Crippen LogP contribution in [-0.4, -0.2) is 18.5 Å². The lowest BCUT2D eigenvalue weighted by molar-refractivity contribution is -0.275. The molecule has 0 saturated heterocycles. The van der Waals surface area contributed by atoms with E-state index in [1.807, 2.05) is 0 Å². The van der Waals surface area contributed by atoms with Gasteiger partial charge in [0.1, 0.15) is 11.6 Å². The van der Waals surface area contributed by atoms with Crippen LogP contribution in [-0.2, 0) is 0 Å². The number of hydrogen-bond acceptors (Lipinski definition) is 4. The Morgan fingerprint density at radius 3 is 2.56 bits per heavy atom. The number of nitriles is 1. The number of rotatable bonds is 2. The number of hydrogen-bond donors (Lipinski definition) is 0. The van der Waals surface area contributed by atoms with Crippen molar-refractivity contribution in [3.8, 4) is 17.7 Å². The summed E-state index contributed by atoms with van der Waals surface area (Å²) >= 11 is 2.78. The van der Waals surface area contributed by atoms with E-state index >= 15 is 0 Å². The Labute approximate surface area is 96.7 Å². The summed E-state index contributed by atoms with van der Waals surface area (Å²) in [5, 5.41) is 8.64. The number of halogens is 4. The Bertz CT molecular complexity index is 442. The van der Waals surface area contributed by atoms with Crippen LogP contribution in [0.3, 0.4) is 0 Å². The lowest BCUT2D eigenvalue weighted by atomic mass is 10.3. The minimum absolute atomic E-state index is 0.0797. The number of ether oxygens (including phenoxy) is 2. The van der Waals surface area contributed by atoms with Gasteiger partial charge in [-0.05, 0) is 15.9 Å². The monoisotopic (exact) mass is 296 g/mol. The minimum atomic E-state index is -4.84. The van der Waals surface area contributed by atoms with Crippen LogP contribution in [0.1, 0.15) is 5.56 Å². The van der Waals surface area contributed by atoms with Crippen LogP contribution >= 0.6 is 15.9 Å². The Hall–Kier alpha value is -1.49. The smallest absolute Gasteiger partial charge is 0.480 e. The summed E-state index contributed by atoms with van der Waals surface area (Å²) in [4.78, 5) is 3.59. The molecule has 0 N–H and O–H groups in total. The van der Waals surface area contributed by atoms with Crippen molar-refractivity contribution in [3.63, 3.8) is 0 Å². The molecule has 1 aromatic rings. The third kappa shape index (κ3) is 3.00. The highest BCUT2D eigenvalue weighted by atomic mass is 79.9. The molecule has 16 heavy (non-hydrogen) atoms. The largest absolute Gasteiger partial charge is 0.573 e. The summed E-state index contributed by atoms with van der Waals surface area (Å²) in [7, 11) is 1.25. The Balaban J connectivity index is 3.18. The summed E-state index contributed by atoms with van der Waals surface area (Å²) in [5.41, 5.74) is -0.148. The molecule has 0 aromatic carbocycles. The second-order valence-corrected chi connectivity index (χ2v) is 3.24. The van der Waals surface area contributed by atoms with Crippen molar-refractivity contribution in [1.29, 1.82) is 5.26 Å². The van der Waals surface area contributed by atoms with E-state index in [9.17, 15) is 13.2 Å². The van der Waals surface area contributed by atoms with E-state index in [1.54, 1.807) is 6.07 Å². The molecule has 8 heteroatoms. The number of alkyl halides is 3. The molecule has 0 radical (unpaired) electrons. The van der Waals surface area contributed by atoms with Crippen LogP contribution in [0.4, 0.5) is 13.2 Å². The third-order valence-corrected chi connectivity index (χ3v) is 2.02. The molecule has 0 bridgehead atoms. The van der Waals surface area contributed by atoms with E-state index in [4.69, 9.17) is 10.00 Å². The highest BCUT2D eigenvalue weighted by Gasteiger charge is 2.32. The second kappa shape index (κ2) is 4.57. The van der Waals surface area contributed by atoms with E-state index in [0.717, 1.165) is 6.07 Å². The van der Waals surface area contributed by atoms with Gasteiger partial charge in [-0.15, -0.1) is 13.2 Å². The Morgan fingerprint density at radius 2 is 2.12 bits per heavy atom. The first-order valence-electron chi connectivity index (χ1n) is 3.77. The van der Waals surface area contributed by atoms with Crippen molar-refractivity contribution in [2.75, 3.05) is 7.11 Å². The van der Waals surface area contributed by atoms with E-state index in [1.165, 1.54) is 7.11 Å². The lowest BCUT2D eigenvalue weighted by Crippen LogP contribution is -2.17. The van der Waals surface area contributed by atoms with Gasteiger partial charge in [-0.2, -0.15) is 5.26 Å². The number of methoxy groups -OCH3 is 1. The predicted molar refractivity (Wildman–Crippen MR) is 49.9 cm³/mol. The van der Waals surface area contributed by atoms with Gasteiger partial charge in [0.2, 0.25) is 5.88 Å². The van der Waals surface area contributed by atoms with Gasteiger partial charge in [0.25, 0.3) is 0 Å². The molecule has 0 fully saturated rings. The van der Waals surface area contributed by atoms with Gasteiger partial charge in [-0.1, -0.05) is 0 Å². The summed E-state index contributed by atoms with van der Waals surface area (Å²) in [6.07, 6.45) is -4.84. The molecule has 0 spiro atoms. The van der Waals surface area contributed by atoms with E-state index in [0.29, 0.717) is 0 Å². The first-order valence-corrected chi connectivity index (χ1v) is 4.57. The zero-order chi connectivity index (χ0) is 12.3. The summed E-state index contributed by atoms with van der Waals surface area (Å²) < 4.78 is 44.0. The van der Waals surface area contributed by atoms with E-state index in [-0.39, 0.29) is 16.0 Å². The molecule has 1 rings (SSSR count). The number of pyridine rings is 1. The zero-order valence-electron chi connectivity index (χ0n) is 7.80. The van der Waals surface area contributed by atoms with Gasteiger partial charge in [0.05, 0.1) is 7.11 Å². The Morgan fingerprint density at radius 1 is 1.50 bits per heavy atom. The highest BCUT2D eigenvalue weighted by molar-refractivity contribution is 9.10. The van der Waals surface area contributed by atoms with Crippen molar-refractivity contribution >= 4 is 15.9 Å². The molecule has 0 atom stereocenters. The molecule has 0 unspecified atom stereocenters. The second-order valence-electron chi connectivity index (χ2n) is 2.49. The summed E-state index contributed by atoms with van der Waals surface area (Å²) in [6, 6.07) is 2.54. The predicted octanol–water partition coefficient (Wildman–Crippen LogP) is 2.62. The number of nitrogens with zero attached hydrogens (tertiary/aromatic N) is 2. The van der Waals surface area contributed by atoms with Crippen molar-refractivity contribution in [1.82, 2.24) is 4.98 Å². The average molecular weight is 297 g/mol. The van der Waals surface area contributed by atoms with Crippen LogP contribution in [0.2, 0.25) is 0 Å². The SMILES string of the molecule is COc1nc(Br)c(OC(F)(F)F)cc1C#N. The fourth-order valence-electron chi connectivity index (χ4n) is 0.889. The molecule has 0 aliphatic heterocycles. The van der Waals surface area contributed by atoms with Gasteiger partial charge in [0.15, 0.2) is 10.4 Å². The quantitative estimate of drug-likeness (QED) is 0.787. The van der Waals surface area contributed by atoms with Crippen molar-refractivity contribution < 1.29 is 22.6 Å². The van der Waals surface area contributed by atoms with E-state index < -0.39 is 12.1 Å². The number of aromatic nitrogens is 1. The molecule has 0 aliphatic rings.